The molecule has 3 rings (SSSR count). The standard InChI is InChI=1S/C17H32N8S.HI/c1-5-15-20-17(26-21-15)25-10-8-24(9-11-25)16(18-2)19-12-14-13-22(3)6-7-23(14)4;/h14H,5-13H2,1-4H3,(H,18,19);1H. The Labute approximate surface area is 184 Å². The van der Waals surface area contributed by atoms with Gasteiger partial charge in [0.25, 0.3) is 0 Å². The molecule has 2 fully saturated rings. The zero-order valence-corrected chi connectivity index (χ0v) is 20.0. The number of aryl methyl sites for hydroxylation is 1. The molecule has 10 heteroatoms. The van der Waals surface area contributed by atoms with E-state index < -0.39 is 0 Å². The summed E-state index contributed by atoms with van der Waals surface area (Å²) in [6.07, 6.45) is 0.901. The SMILES string of the molecule is CCc1nsc(N2CCN(C(=NC)NCC3CN(C)CCN3C)CC2)n1.I. The van der Waals surface area contributed by atoms with Crippen molar-refractivity contribution in [2.45, 2.75) is 19.4 Å². The third kappa shape index (κ3) is 5.88. The van der Waals surface area contributed by atoms with E-state index in [0.717, 1.165) is 75.7 Å². The van der Waals surface area contributed by atoms with Gasteiger partial charge in [0.2, 0.25) is 5.13 Å². The molecule has 2 saturated heterocycles. The van der Waals surface area contributed by atoms with Gasteiger partial charge in [-0.1, -0.05) is 6.92 Å². The van der Waals surface area contributed by atoms with Gasteiger partial charge in [-0.05, 0) is 14.1 Å². The summed E-state index contributed by atoms with van der Waals surface area (Å²) in [5, 5.41) is 4.64. The van der Waals surface area contributed by atoms with Crippen molar-refractivity contribution in [2.24, 2.45) is 4.99 Å². The normalized spacial score (nSPS) is 22.7. The van der Waals surface area contributed by atoms with Crippen LogP contribution in [-0.4, -0.2) is 110 Å². The molecule has 1 aromatic heterocycles. The van der Waals surface area contributed by atoms with E-state index in [1.165, 1.54) is 11.5 Å². The largest absolute Gasteiger partial charge is 0.355 e. The topological polar surface area (TPSA) is 63.1 Å². The van der Waals surface area contributed by atoms with Gasteiger partial charge in [0.05, 0.1) is 0 Å². The second-order valence-electron chi connectivity index (χ2n) is 7.15. The zero-order valence-electron chi connectivity index (χ0n) is 16.9. The smallest absolute Gasteiger partial charge is 0.205 e. The van der Waals surface area contributed by atoms with E-state index >= 15 is 0 Å². The fraction of sp³-hybridized carbons (Fsp3) is 0.824. The fourth-order valence-electron chi connectivity index (χ4n) is 3.49. The Morgan fingerprint density at radius 3 is 2.56 bits per heavy atom. The van der Waals surface area contributed by atoms with E-state index in [4.69, 9.17) is 0 Å². The molecule has 0 spiro atoms. The van der Waals surface area contributed by atoms with Crippen LogP contribution in [0.2, 0.25) is 0 Å². The van der Waals surface area contributed by atoms with Gasteiger partial charge in [0.1, 0.15) is 5.82 Å². The molecule has 0 saturated carbocycles. The van der Waals surface area contributed by atoms with Crippen LogP contribution >= 0.6 is 35.5 Å². The van der Waals surface area contributed by atoms with Crippen molar-refractivity contribution in [1.29, 1.82) is 0 Å². The molecular weight excluding hydrogens is 475 g/mol. The summed E-state index contributed by atoms with van der Waals surface area (Å²) in [6, 6.07) is 0.528. The van der Waals surface area contributed by atoms with Crippen LogP contribution in [0, 0.1) is 0 Å². The number of guanidine groups is 1. The molecule has 1 aromatic rings. The van der Waals surface area contributed by atoms with Crippen LogP contribution in [-0.2, 0) is 6.42 Å². The summed E-state index contributed by atoms with van der Waals surface area (Å²) in [5.41, 5.74) is 0. The van der Waals surface area contributed by atoms with Crippen LogP contribution < -0.4 is 10.2 Å². The second kappa shape index (κ2) is 10.7. The van der Waals surface area contributed by atoms with Crippen LogP contribution in [0.25, 0.3) is 0 Å². The van der Waals surface area contributed by atoms with Crippen molar-refractivity contribution in [3.8, 4) is 0 Å². The summed E-state index contributed by atoms with van der Waals surface area (Å²) < 4.78 is 4.41. The third-order valence-electron chi connectivity index (χ3n) is 5.31. The van der Waals surface area contributed by atoms with Gasteiger partial charge in [-0.3, -0.25) is 9.89 Å². The first-order valence-corrected chi connectivity index (χ1v) is 10.3. The van der Waals surface area contributed by atoms with Gasteiger partial charge >= 0.3 is 0 Å². The van der Waals surface area contributed by atoms with Crippen LogP contribution in [0.3, 0.4) is 0 Å². The number of hydrogen-bond acceptors (Lipinski definition) is 7. The van der Waals surface area contributed by atoms with Crippen molar-refractivity contribution in [2.75, 3.05) is 78.4 Å². The van der Waals surface area contributed by atoms with E-state index in [1.54, 1.807) is 0 Å². The number of rotatable bonds is 4. The molecule has 0 aromatic carbocycles. The molecule has 0 bridgehead atoms. The quantitative estimate of drug-likeness (QED) is 0.365. The molecule has 0 radical (unpaired) electrons. The predicted octanol–water partition coefficient (Wildman–Crippen LogP) is 0.662. The Morgan fingerprint density at radius 1 is 1.19 bits per heavy atom. The van der Waals surface area contributed by atoms with Gasteiger partial charge in [-0.15, -0.1) is 24.0 Å². The minimum Gasteiger partial charge on any atom is -0.355 e. The summed E-state index contributed by atoms with van der Waals surface area (Å²) in [5.74, 6) is 1.96. The first kappa shape index (κ1) is 22.6. The van der Waals surface area contributed by atoms with Gasteiger partial charge in [0.15, 0.2) is 5.96 Å². The van der Waals surface area contributed by atoms with Crippen molar-refractivity contribution < 1.29 is 0 Å². The monoisotopic (exact) mass is 508 g/mol. The van der Waals surface area contributed by atoms with E-state index in [9.17, 15) is 0 Å². The Kier molecular flexibility index (Phi) is 8.96. The highest BCUT2D eigenvalue weighted by molar-refractivity contribution is 14.0. The molecule has 2 aliphatic rings. The molecule has 27 heavy (non-hydrogen) atoms. The molecule has 1 unspecified atom stereocenters. The van der Waals surface area contributed by atoms with Gasteiger partial charge < -0.3 is 20.0 Å². The summed E-state index contributed by atoms with van der Waals surface area (Å²) in [4.78, 5) is 18.7. The fourth-order valence-corrected chi connectivity index (χ4v) is 4.29. The van der Waals surface area contributed by atoms with Crippen LogP contribution in [0.5, 0.6) is 0 Å². The molecular formula is C17H33IN8S. The Morgan fingerprint density at radius 2 is 1.93 bits per heavy atom. The highest BCUT2D eigenvalue weighted by Crippen LogP contribution is 2.19. The van der Waals surface area contributed by atoms with Gasteiger partial charge in [-0.25, -0.2) is 4.98 Å². The first-order valence-electron chi connectivity index (χ1n) is 9.52. The lowest BCUT2D eigenvalue weighted by Crippen LogP contribution is -2.57. The lowest BCUT2D eigenvalue weighted by molar-refractivity contribution is 0.116. The molecule has 1 N–H and O–H groups in total. The highest BCUT2D eigenvalue weighted by Gasteiger charge is 2.25. The van der Waals surface area contributed by atoms with Crippen molar-refractivity contribution >= 4 is 46.6 Å². The predicted molar refractivity (Wildman–Crippen MR) is 124 cm³/mol. The van der Waals surface area contributed by atoms with E-state index in [2.05, 4.69) is 60.3 Å². The third-order valence-corrected chi connectivity index (χ3v) is 6.13. The van der Waals surface area contributed by atoms with Gasteiger partial charge in [0, 0.05) is 83.4 Å². The number of aliphatic imine (C=N–C) groups is 1. The number of nitrogens with zero attached hydrogens (tertiary/aromatic N) is 7. The Hall–Kier alpha value is -0.720. The average Bonchev–Trinajstić information content (AvgIpc) is 3.14. The summed E-state index contributed by atoms with van der Waals surface area (Å²) in [7, 11) is 6.29. The average molecular weight is 508 g/mol. The molecule has 1 atom stereocenters. The zero-order chi connectivity index (χ0) is 18.5. The number of piperazine rings is 2. The summed E-state index contributed by atoms with van der Waals surface area (Å²) >= 11 is 1.52. The highest BCUT2D eigenvalue weighted by atomic mass is 127. The maximum Gasteiger partial charge on any atom is 0.205 e. The number of hydrogen-bond donors (Lipinski definition) is 1. The Bertz CT molecular complexity index is 602. The molecule has 154 valence electrons. The van der Waals surface area contributed by atoms with Crippen LogP contribution in [0.4, 0.5) is 5.13 Å². The maximum absolute atomic E-state index is 4.61. The van der Waals surface area contributed by atoms with E-state index in [1.807, 2.05) is 7.05 Å². The lowest BCUT2D eigenvalue weighted by Gasteiger charge is -2.39. The minimum atomic E-state index is 0. The Balaban J connectivity index is 0.00000261. The van der Waals surface area contributed by atoms with E-state index in [-0.39, 0.29) is 24.0 Å². The second-order valence-corrected chi connectivity index (χ2v) is 7.88. The summed E-state index contributed by atoms with van der Waals surface area (Å²) in [6.45, 7) is 10.3. The molecule has 8 nitrogen and oxygen atoms in total. The van der Waals surface area contributed by atoms with Crippen molar-refractivity contribution in [3.05, 3.63) is 5.82 Å². The minimum absolute atomic E-state index is 0. The van der Waals surface area contributed by atoms with Gasteiger partial charge in [-0.2, -0.15) is 4.37 Å². The maximum atomic E-state index is 4.61. The van der Waals surface area contributed by atoms with Crippen molar-refractivity contribution in [3.63, 3.8) is 0 Å². The lowest BCUT2D eigenvalue weighted by atomic mass is 10.2. The van der Waals surface area contributed by atoms with Crippen LogP contribution in [0.1, 0.15) is 12.7 Å². The molecule has 0 amide bonds. The number of aromatic nitrogens is 2. The van der Waals surface area contributed by atoms with E-state index in [0.29, 0.717) is 6.04 Å². The molecule has 3 heterocycles. The number of nitrogens with one attached hydrogen (secondary N) is 1. The number of halogens is 1. The van der Waals surface area contributed by atoms with Crippen molar-refractivity contribution in [1.82, 2.24) is 29.4 Å². The first-order chi connectivity index (χ1) is 12.6. The number of anilines is 1. The van der Waals surface area contributed by atoms with Crippen LogP contribution in [0.15, 0.2) is 4.99 Å². The molecule has 2 aliphatic heterocycles. The number of likely N-dealkylation sites (N-methyl/N-ethyl adjacent to an activating group) is 2. The molecule has 0 aliphatic carbocycles.